The molecule has 1 saturated heterocycles. The number of likely N-dealkylation sites (tertiary alicyclic amines) is 1. The fraction of sp³-hybridized carbons (Fsp3) is 0.500. The van der Waals surface area contributed by atoms with Gasteiger partial charge in [-0.15, -0.1) is 0 Å². The minimum absolute atomic E-state index is 0.0460. The molecule has 1 aliphatic rings. The molecule has 0 aromatic carbocycles. The largest absolute Gasteiger partial charge is 0.370 e. The van der Waals surface area contributed by atoms with Crippen LogP contribution in [-0.4, -0.2) is 40.5 Å². The molecule has 1 N–H and O–H groups in total. The Labute approximate surface area is 124 Å². The van der Waals surface area contributed by atoms with Crippen LogP contribution in [-0.2, 0) is 0 Å². The summed E-state index contributed by atoms with van der Waals surface area (Å²) in [4.78, 5) is 19.0. The van der Waals surface area contributed by atoms with Crippen molar-refractivity contribution in [3.05, 3.63) is 40.8 Å². The molecule has 21 heavy (non-hydrogen) atoms. The number of nitrogens with one attached hydrogen (secondary N) is 1. The van der Waals surface area contributed by atoms with E-state index in [1.807, 2.05) is 18.2 Å². The van der Waals surface area contributed by atoms with E-state index in [0.717, 1.165) is 13.1 Å². The third kappa shape index (κ3) is 3.42. The van der Waals surface area contributed by atoms with Gasteiger partial charge < -0.3 is 10.2 Å². The fourth-order valence-electron chi connectivity index (χ4n) is 2.89. The number of hydrogen-bond acceptors (Lipinski definition) is 4. The first-order valence-electron chi connectivity index (χ1n) is 7.67. The lowest BCUT2D eigenvalue weighted by Gasteiger charge is -2.20. The maximum atomic E-state index is 12.0. The molecule has 5 heteroatoms. The third-order valence-electron chi connectivity index (χ3n) is 3.97. The Morgan fingerprint density at radius 2 is 2.14 bits per heavy atom. The molecule has 0 aliphatic carbocycles. The van der Waals surface area contributed by atoms with Gasteiger partial charge in [-0.1, -0.05) is 13.0 Å². The van der Waals surface area contributed by atoms with Gasteiger partial charge in [0, 0.05) is 25.4 Å². The van der Waals surface area contributed by atoms with E-state index in [0.29, 0.717) is 17.4 Å². The van der Waals surface area contributed by atoms with E-state index >= 15 is 0 Å². The van der Waals surface area contributed by atoms with Gasteiger partial charge in [-0.25, -0.2) is 4.98 Å². The molecule has 0 bridgehead atoms. The Kier molecular flexibility index (Phi) is 4.20. The Hall–Kier alpha value is -1.88. The minimum atomic E-state index is -0.0460. The number of pyridine rings is 1. The average molecular weight is 286 g/mol. The lowest BCUT2D eigenvalue weighted by Crippen LogP contribution is -2.29. The third-order valence-corrected chi connectivity index (χ3v) is 3.97. The van der Waals surface area contributed by atoms with Gasteiger partial charge in [-0.3, -0.25) is 9.20 Å². The second-order valence-electron chi connectivity index (χ2n) is 5.90. The van der Waals surface area contributed by atoms with Crippen molar-refractivity contribution in [1.29, 1.82) is 0 Å². The zero-order valence-electron chi connectivity index (χ0n) is 12.5. The van der Waals surface area contributed by atoms with Gasteiger partial charge in [0.1, 0.15) is 11.5 Å². The van der Waals surface area contributed by atoms with Crippen molar-refractivity contribution in [2.75, 3.05) is 31.5 Å². The lowest BCUT2D eigenvalue weighted by atomic mass is 10.1. The highest BCUT2D eigenvalue weighted by atomic mass is 16.1. The van der Waals surface area contributed by atoms with Gasteiger partial charge in [0.15, 0.2) is 0 Å². The van der Waals surface area contributed by atoms with Gasteiger partial charge in [-0.2, -0.15) is 0 Å². The van der Waals surface area contributed by atoms with Crippen molar-refractivity contribution in [3.8, 4) is 0 Å². The molecule has 2 aromatic rings. The number of hydrogen-bond donors (Lipinski definition) is 1. The highest BCUT2D eigenvalue weighted by molar-refractivity contribution is 5.46. The summed E-state index contributed by atoms with van der Waals surface area (Å²) in [6.45, 7) is 6.63. The summed E-state index contributed by atoms with van der Waals surface area (Å²) in [6.07, 6.45) is 4.39. The maximum absolute atomic E-state index is 12.0. The molecule has 1 fully saturated rings. The van der Waals surface area contributed by atoms with Gasteiger partial charge >= 0.3 is 0 Å². The van der Waals surface area contributed by atoms with Crippen molar-refractivity contribution in [2.24, 2.45) is 5.92 Å². The molecule has 1 aliphatic heterocycles. The Balaban J connectivity index is 1.63. The van der Waals surface area contributed by atoms with Crippen molar-refractivity contribution in [1.82, 2.24) is 14.3 Å². The molecule has 1 unspecified atom stereocenters. The minimum Gasteiger partial charge on any atom is -0.370 e. The van der Waals surface area contributed by atoms with Crippen molar-refractivity contribution >= 4 is 11.5 Å². The smallest absolute Gasteiger partial charge is 0.259 e. The van der Waals surface area contributed by atoms with Crippen LogP contribution in [0.2, 0.25) is 0 Å². The number of rotatable bonds is 5. The molecule has 5 nitrogen and oxygen atoms in total. The van der Waals surface area contributed by atoms with Crippen molar-refractivity contribution < 1.29 is 0 Å². The molecule has 3 rings (SSSR count). The summed E-state index contributed by atoms with van der Waals surface area (Å²) in [5.74, 6) is 1.21. The van der Waals surface area contributed by atoms with E-state index in [-0.39, 0.29) is 5.56 Å². The van der Waals surface area contributed by atoms with Crippen LogP contribution in [0.5, 0.6) is 0 Å². The molecule has 1 atom stereocenters. The standard InChI is InChI=1S/C16H22N4O/c1-13(12-19-7-4-5-8-19)11-17-14-10-16(21)20-9-3-2-6-15(20)18-14/h2-3,6,9-10,13,17H,4-5,7-8,11-12H2,1H3. The second kappa shape index (κ2) is 6.26. The average Bonchev–Trinajstić information content (AvgIpc) is 2.98. The molecule has 0 saturated carbocycles. The Morgan fingerprint density at radius 1 is 1.33 bits per heavy atom. The molecule has 112 valence electrons. The summed E-state index contributed by atoms with van der Waals surface area (Å²) in [7, 11) is 0. The van der Waals surface area contributed by atoms with Crippen LogP contribution in [0.3, 0.4) is 0 Å². The first-order chi connectivity index (χ1) is 10.2. The zero-order chi connectivity index (χ0) is 14.7. The van der Waals surface area contributed by atoms with Gasteiger partial charge in [0.2, 0.25) is 0 Å². The molecule has 0 amide bonds. The highest BCUT2D eigenvalue weighted by Crippen LogP contribution is 2.11. The lowest BCUT2D eigenvalue weighted by molar-refractivity contribution is 0.294. The van der Waals surface area contributed by atoms with Gasteiger partial charge in [-0.05, 0) is 44.0 Å². The summed E-state index contributed by atoms with van der Waals surface area (Å²) >= 11 is 0. The predicted molar refractivity (Wildman–Crippen MR) is 84.8 cm³/mol. The topological polar surface area (TPSA) is 49.6 Å². The van der Waals surface area contributed by atoms with Gasteiger partial charge in [0.05, 0.1) is 0 Å². The predicted octanol–water partition coefficient (Wildman–Crippen LogP) is 1.84. The molecule has 3 heterocycles. The SMILES string of the molecule is CC(CNc1cc(=O)n2ccccc2n1)CN1CCCC1. The highest BCUT2D eigenvalue weighted by Gasteiger charge is 2.14. The number of aromatic nitrogens is 2. The van der Waals surface area contributed by atoms with E-state index in [2.05, 4.69) is 22.1 Å². The van der Waals surface area contributed by atoms with E-state index < -0.39 is 0 Å². The van der Waals surface area contributed by atoms with Crippen LogP contribution in [0.25, 0.3) is 5.65 Å². The quantitative estimate of drug-likeness (QED) is 0.911. The zero-order valence-corrected chi connectivity index (χ0v) is 12.5. The summed E-state index contributed by atoms with van der Waals surface area (Å²) < 4.78 is 1.55. The Bertz CT molecular complexity index is 661. The normalized spacial score (nSPS) is 17.2. The number of nitrogens with zero attached hydrogens (tertiary/aromatic N) is 3. The van der Waals surface area contributed by atoms with Crippen LogP contribution in [0.1, 0.15) is 19.8 Å². The van der Waals surface area contributed by atoms with Crippen molar-refractivity contribution in [3.63, 3.8) is 0 Å². The van der Waals surface area contributed by atoms with Crippen molar-refractivity contribution in [2.45, 2.75) is 19.8 Å². The number of fused-ring (bicyclic) bond motifs is 1. The summed E-state index contributed by atoms with van der Waals surface area (Å²) in [6, 6.07) is 7.14. The summed E-state index contributed by atoms with van der Waals surface area (Å²) in [5.41, 5.74) is 0.634. The van der Waals surface area contributed by atoms with E-state index in [4.69, 9.17) is 0 Å². The first kappa shape index (κ1) is 14.1. The monoisotopic (exact) mass is 286 g/mol. The van der Waals surface area contributed by atoms with Crippen LogP contribution in [0.4, 0.5) is 5.82 Å². The molecule has 0 radical (unpaired) electrons. The summed E-state index contributed by atoms with van der Waals surface area (Å²) in [5, 5.41) is 3.30. The fourth-order valence-corrected chi connectivity index (χ4v) is 2.89. The van der Waals surface area contributed by atoms with E-state index in [1.165, 1.54) is 25.9 Å². The Morgan fingerprint density at radius 3 is 2.95 bits per heavy atom. The molecular formula is C16H22N4O. The molecule has 2 aromatic heterocycles. The molecule has 0 spiro atoms. The number of anilines is 1. The van der Waals surface area contributed by atoms with E-state index in [1.54, 1.807) is 16.7 Å². The van der Waals surface area contributed by atoms with Crippen LogP contribution >= 0.6 is 0 Å². The first-order valence-corrected chi connectivity index (χ1v) is 7.67. The van der Waals surface area contributed by atoms with Crippen LogP contribution in [0.15, 0.2) is 35.3 Å². The van der Waals surface area contributed by atoms with Gasteiger partial charge in [0.25, 0.3) is 5.56 Å². The molecular weight excluding hydrogens is 264 g/mol. The van der Waals surface area contributed by atoms with Crippen LogP contribution in [0, 0.1) is 5.92 Å². The maximum Gasteiger partial charge on any atom is 0.259 e. The van der Waals surface area contributed by atoms with Crippen LogP contribution < -0.4 is 10.9 Å². The van der Waals surface area contributed by atoms with E-state index in [9.17, 15) is 4.79 Å². The second-order valence-corrected chi connectivity index (χ2v) is 5.90.